The zero-order valence-electron chi connectivity index (χ0n) is 16.4. The minimum Gasteiger partial charge on any atom is -0.478 e. The molecule has 0 aliphatic rings. The van der Waals surface area contributed by atoms with Crippen LogP contribution in [0.5, 0.6) is 0 Å². The highest BCUT2D eigenvalue weighted by Gasteiger charge is 2.24. The number of carboxylic acids is 3. The quantitative estimate of drug-likeness (QED) is 0.256. The van der Waals surface area contributed by atoms with E-state index in [1.807, 2.05) is 6.92 Å². The molecule has 0 rings (SSSR count). The van der Waals surface area contributed by atoms with Gasteiger partial charge in [0.1, 0.15) is 0 Å². The van der Waals surface area contributed by atoms with E-state index in [4.69, 9.17) is 30.6 Å². The van der Waals surface area contributed by atoms with Gasteiger partial charge < -0.3 is 36.4 Å². The molecule has 0 fully saturated rings. The SMILES string of the molecule is C=CC(=O)O.C=CC(=O)O.C=CC(=O)O.C=CC(N)=O.CCC(CO)(CO)CO. The molecule has 11 heteroatoms. The molecule has 8 N–H and O–H groups in total. The molecule has 29 heavy (non-hydrogen) atoms. The minimum absolute atomic E-state index is 0.156. The molecule has 0 saturated carbocycles. The lowest BCUT2D eigenvalue weighted by molar-refractivity contribution is -0.132. The first-order valence-corrected chi connectivity index (χ1v) is 7.63. The van der Waals surface area contributed by atoms with Gasteiger partial charge in [0, 0.05) is 23.6 Å². The molecule has 0 aliphatic carbocycles. The Morgan fingerprint density at radius 1 is 0.724 bits per heavy atom. The molecular weight excluding hydrogens is 390 g/mol. The number of hydrogen-bond donors (Lipinski definition) is 7. The van der Waals surface area contributed by atoms with E-state index >= 15 is 0 Å². The van der Waals surface area contributed by atoms with E-state index in [-0.39, 0.29) is 19.8 Å². The predicted molar refractivity (Wildman–Crippen MR) is 107 cm³/mol. The molecule has 0 aromatic carbocycles. The largest absolute Gasteiger partial charge is 0.478 e. The van der Waals surface area contributed by atoms with Gasteiger partial charge in [-0.2, -0.15) is 0 Å². The molecule has 168 valence electrons. The van der Waals surface area contributed by atoms with Crippen molar-refractivity contribution in [3.63, 3.8) is 0 Å². The first kappa shape index (κ1) is 36.6. The Labute approximate surface area is 169 Å². The highest BCUT2D eigenvalue weighted by Crippen LogP contribution is 2.18. The summed E-state index contributed by atoms with van der Waals surface area (Å²) in [7, 11) is 0. The molecule has 0 heterocycles. The lowest BCUT2D eigenvalue weighted by Crippen LogP contribution is -2.32. The van der Waals surface area contributed by atoms with Crippen LogP contribution in [0, 0.1) is 5.41 Å². The maximum atomic E-state index is 9.47. The van der Waals surface area contributed by atoms with Crippen molar-refractivity contribution in [2.45, 2.75) is 13.3 Å². The zero-order valence-corrected chi connectivity index (χ0v) is 16.4. The van der Waals surface area contributed by atoms with Crippen molar-refractivity contribution in [3.05, 3.63) is 50.6 Å². The van der Waals surface area contributed by atoms with E-state index in [0.29, 0.717) is 6.42 Å². The fraction of sp³-hybridized carbons (Fsp3) is 0.333. The summed E-state index contributed by atoms with van der Waals surface area (Å²) in [5, 5.41) is 48.8. The second-order valence-electron chi connectivity index (χ2n) is 4.56. The van der Waals surface area contributed by atoms with Gasteiger partial charge in [-0.3, -0.25) is 4.79 Å². The van der Waals surface area contributed by atoms with Crippen LogP contribution >= 0.6 is 0 Å². The van der Waals surface area contributed by atoms with Gasteiger partial charge >= 0.3 is 17.9 Å². The van der Waals surface area contributed by atoms with E-state index in [2.05, 4.69) is 32.0 Å². The highest BCUT2D eigenvalue weighted by atomic mass is 16.4. The molecule has 0 spiro atoms. The molecule has 0 unspecified atom stereocenters. The smallest absolute Gasteiger partial charge is 0.327 e. The predicted octanol–water partition coefficient (Wildman–Crippen LogP) is -0.212. The zero-order chi connectivity index (χ0) is 24.5. The van der Waals surface area contributed by atoms with Crippen LogP contribution in [-0.4, -0.2) is 74.3 Å². The lowest BCUT2D eigenvalue weighted by Gasteiger charge is -2.24. The Kier molecular flexibility index (Phi) is 34.0. The van der Waals surface area contributed by atoms with Gasteiger partial charge in [-0.05, 0) is 12.5 Å². The minimum atomic E-state index is -0.981. The van der Waals surface area contributed by atoms with Crippen LogP contribution in [0.3, 0.4) is 0 Å². The number of primary amides is 1. The van der Waals surface area contributed by atoms with Gasteiger partial charge in [0.15, 0.2) is 0 Å². The number of carbonyl (C=O) groups excluding carboxylic acids is 1. The van der Waals surface area contributed by atoms with Gasteiger partial charge in [0.25, 0.3) is 0 Å². The van der Waals surface area contributed by atoms with Gasteiger partial charge in [0.05, 0.1) is 19.8 Å². The molecular formula is C18H31NO10. The topological polar surface area (TPSA) is 216 Å². The second kappa shape index (κ2) is 26.9. The van der Waals surface area contributed by atoms with Crippen LogP contribution in [-0.2, 0) is 19.2 Å². The number of carbonyl (C=O) groups is 4. The Morgan fingerprint density at radius 3 is 0.897 bits per heavy atom. The van der Waals surface area contributed by atoms with Crippen molar-refractivity contribution in [1.82, 2.24) is 0 Å². The summed E-state index contributed by atoms with van der Waals surface area (Å²) in [6, 6.07) is 0. The van der Waals surface area contributed by atoms with Crippen molar-refractivity contribution in [1.29, 1.82) is 0 Å². The number of aliphatic hydroxyl groups excluding tert-OH is 3. The van der Waals surface area contributed by atoms with Crippen LogP contribution in [0.1, 0.15) is 13.3 Å². The second-order valence-corrected chi connectivity index (χ2v) is 4.56. The number of rotatable bonds is 8. The van der Waals surface area contributed by atoms with E-state index in [1.54, 1.807) is 0 Å². The third kappa shape index (κ3) is 45.6. The van der Waals surface area contributed by atoms with Crippen molar-refractivity contribution < 1.29 is 49.8 Å². The monoisotopic (exact) mass is 421 g/mol. The molecule has 1 amide bonds. The number of amides is 1. The van der Waals surface area contributed by atoms with Gasteiger partial charge in [0.2, 0.25) is 5.91 Å². The van der Waals surface area contributed by atoms with E-state index in [9.17, 15) is 19.2 Å². The fourth-order valence-electron chi connectivity index (χ4n) is 0.485. The van der Waals surface area contributed by atoms with E-state index < -0.39 is 29.2 Å². The van der Waals surface area contributed by atoms with Crippen LogP contribution in [0.25, 0.3) is 0 Å². The van der Waals surface area contributed by atoms with Crippen LogP contribution in [0.2, 0.25) is 0 Å². The van der Waals surface area contributed by atoms with Gasteiger partial charge in [-0.15, -0.1) is 0 Å². The Bertz CT molecular complexity index is 421. The maximum Gasteiger partial charge on any atom is 0.327 e. The Morgan fingerprint density at radius 2 is 0.897 bits per heavy atom. The number of hydrogen-bond acceptors (Lipinski definition) is 7. The van der Waals surface area contributed by atoms with Gasteiger partial charge in [-0.25, -0.2) is 14.4 Å². The standard InChI is InChI=1S/C6H14O3.C3H5NO.3C3H4O2/c1-2-6(3-7,4-8)5-9;4*1-2-3(4)5/h7-9H,2-5H2,1H3;2H,1H2,(H2,4,5);3*2H,1H2,(H,4,5). The number of nitrogens with two attached hydrogens (primary N) is 1. The van der Waals surface area contributed by atoms with Crippen molar-refractivity contribution >= 4 is 23.8 Å². The number of carboxylic acid groups (broad SMARTS) is 3. The molecule has 11 nitrogen and oxygen atoms in total. The van der Waals surface area contributed by atoms with Gasteiger partial charge in [-0.1, -0.05) is 33.2 Å². The summed E-state index contributed by atoms with van der Waals surface area (Å²) in [5.41, 5.74) is 3.87. The summed E-state index contributed by atoms with van der Waals surface area (Å²) in [5.74, 6) is -3.43. The van der Waals surface area contributed by atoms with Crippen LogP contribution in [0.4, 0.5) is 0 Å². The van der Waals surface area contributed by atoms with Crippen LogP contribution in [0.15, 0.2) is 50.6 Å². The van der Waals surface area contributed by atoms with Crippen LogP contribution < -0.4 is 5.73 Å². The average molecular weight is 421 g/mol. The average Bonchev–Trinajstić information content (AvgIpc) is 2.71. The summed E-state index contributed by atoms with van der Waals surface area (Å²) >= 11 is 0. The summed E-state index contributed by atoms with van der Waals surface area (Å²) in [4.78, 5) is 37.2. The summed E-state index contributed by atoms with van der Waals surface area (Å²) in [6.07, 6.45) is 4.15. The fourth-order valence-corrected chi connectivity index (χ4v) is 0.485. The Balaban J connectivity index is -0.0000000853. The highest BCUT2D eigenvalue weighted by molar-refractivity contribution is 5.85. The molecule has 0 aliphatic heterocycles. The third-order valence-corrected chi connectivity index (χ3v) is 2.48. The van der Waals surface area contributed by atoms with Crippen molar-refractivity contribution in [3.8, 4) is 0 Å². The third-order valence-electron chi connectivity index (χ3n) is 2.48. The maximum absolute atomic E-state index is 9.47. The molecule has 0 aromatic heterocycles. The molecule has 0 bridgehead atoms. The molecule has 0 atom stereocenters. The molecule has 0 aromatic rings. The first-order chi connectivity index (χ1) is 13.3. The summed E-state index contributed by atoms with van der Waals surface area (Å²) < 4.78 is 0. The Hall–Kier alpha value is -3.28. The summed E-state index contributed by atoms with van der Waals surface area (Å²) in [6.45, 7) is 13.3. The van der Waals surface area contributed by atoms with E-state index in [1.165, 1.54) is 0 Å². The van der Waals surface area contributed by atoms with Crippen molar-refractivity contribution in [2.24, 2.45) is 11.1 Å². The molecule has 0 radical (unpaired) electrons. The lowest BCUT2D eigenvalue weighted by atomic mass is 9.88. The molecule has 0 saturated heterocycles. The number of aliphatic hydroxyl groups is 3. The van der Waals surface area contributed by atoms with E-state index in [0.717, 1.165) is 24.3 Å². The first-order valence-electron chi connectivity index (χ1n) is 7.63. The number of aliphatic carboxylic acids is 3. The van der Waals surface area contributed by atoms with Crippen molar-refractivity contribution in [2.75, 3.05) is 19.8 Å². The normalized spacial score (nSPS) is 8.14.